The number of hydrogen-bond acceptors (Lipinski definition) is 2. The molecule has 1 N–H and O–H groups in total. The smallest absolute Gasteiger partial charge is 0.223 e. The minimum Gasteiger partial charge on any atom is -0.334 e. The Labute approximate surface area is 104 Å². The van der Waals surface area contributed by atoms with Crippen LogP contribution in [0.25, 0.3) is 0 Å². The lowest BCUT2D eigenvalue weighted by Gasteiger charge is -2.50. The van der Waals surface area contributed by atoms with E-state index in [9.17, 15) is 4.79 Å². The van der Waals surface area contributed by atoms with E-state index in [0.717, 1.165) is 32.0 Å². The Hall–Kier alpha value is -0.570. The van der Waals surface area contributed by atoms with Gasteiger partial charge in [0.1, 0.15) is 0 Å². The van der Waals surface area contributed by atoms with E-state index < -0.39 is 0 Å². The minimum atomic E-state index is 0.183. The number of carbonyl (C=O) groups excluding carboxylic acids is 1. The van der Waals surface area contributed by atoms with Crippen molar-refractivity contribution in [3.8, 4) is 0 Å². The molecule has 1 saturated heterocycles. The summed E-state index contributed by atoms with van der Waals surface area (Å²) in [6.07, 6.45) is 9.78. The van der Waals surface area contributed by atoms with Gasteiger partial charge >= 0.3 is 0 Å². The number of hydrogen-bond donors (Lipinski definition) is 1. The molecule has 1 amide bonds. The van der Waals surface area contributed by atoms with Gasteiger partial charge in [-0.2, -0.15) is 0 Å². The Morgan fingerprint density at radius 2 is 2.00 bits per heavy atom. The lowest BCUT2D eigenvalue weighted by Crippen LogP contribution is -2.63. The van der Waals surface area contributed by atoms with E-state index in [0.29, 0.717) is 5.91 Å². The summed E-state index contributed by atoms with van der Waals surface area (Å²) in [7, 11) is 0. The molecule has 1 heterocycles. The second kappa shape index (κ2) is 4.60. The summed E-state index contributed by atoms with van der Waals surface area (Å²) in [6, 6.07) is 0. The molecule has 0 radical (unpaired) electrons. The fourth-order valence-electron chi connectivity index (χ4n) is 3.57. The summed E-state index contributed by atoms with van der Waals surface area (Å²) in [5, 5.41) is 3.51. The van der Waals surface area contributed by atoms with Crippen molar-refractivity contribution in [2.45, 2.75) is 56.9 Å². The molecule has 0 aromatic rings. The maximum Gasteiger partial charge on any atom is 0.223 e. The zero-order chi connectivity index (χ0) is 11.7. The quantitative estimate of drug-likeness (QED) is 0.794. The fourth-order valence-corrected chi connectivity index (χ4v) is 3.57. The van der Waals surface area contributed by atoms with E-state index in [1.165, 1.54) is 44.9 Å². The number of rotatable bonds is 2. The molecular weight excluding hydrogens is 212 g/mol. The molecule has 17 heavy (non-hydrogen) atoms. The second-order valence-corrected chi connectivity index (χ2v) is 6.15. The largest absolute Gasteiger partial charge is 0.334 e. The van der Waals surface area contributed by atoms with Crippen LogP contribution in [0.2, 0.25) is 0 Å². The monoisotopic (exact) mass is 236 g/mol. The highest BCUT2D eigenvalue weighted by molar-refractivity contribution is 5.78. The summed E-state index contributed by atoms with van der Waals surface area (Å²) in [5.74, 6) is 1.16. The van der Waals surface area contributed by atoms with E-state index >= 15 is 0 Å². The molecule has 1 spiro atoms. The number of carbonyl (C=O) groups is 1. The molecule has 3 fully saturated rings. The van der Waals surface area contributed by atoms with Crippen molar-refractivity contribution >= 4 is 5.91 Å². The third kappa shape index (κ3) is 2.35. The van der Waals surface area contributed by atoms with Gasteiger partial charge in [-0.25, -0.2) is 0 Å². The third-order valence-electron chi connectivity index (χ3n) is 4.78. The molecule has 0 aromatic carbocycles. The zero-order valence-electron chi connectivity index (χ0n) is 10.7. The van der Waals surface area contributed by atoms with Gasteiger partial charge in [0.15, 0.2) is 0 Å². The Kier molecular flexibility index (Phi) is 3.12. The highest BCUT2D eigenvalue weighted by Gasteiger charge is 2.42. The highest BCUT2D eigenvalue weighted by Crippen LogP contribution is 2.38. The van der Waals surface area contributed by atoms with Crippen LogP contribution in [0.3, 0.4) is 0 Å². The van der Waals surface area contributed by atoms with Crippen LogP contribution in [0.5, 0.6) is 0 Å². The first-order valence-corrected chi connectivity index (χ1v) is 7.31. The summed E-state index contributed by atoms with van der Waals surface area (Å²) < 4.78 is 0. The van der Waals surface area contributed by atoms with Crippen LogP contribution >= 0.6 is 0 Å². The Morgan fingerprint density at radius 3 is 2.71 bits per heavy atom. The van der Waals surface area contributed by atoms with Crippen LogP contribution in [0.1, 0.15) is 51.4 Å². The Balaban J connectivity index is 1.71. The molecule has 1 aliphatic heterocycles. The van der Waals surface area contributed by atoms with Gasteiger partial charge in [0.25, 0.3) is 0 Å². The minimum absolute atomic E-state index is 0.183. The standard InChI is InChI=1S/C14H24N2O/c17-13(10-12-4-5-12)16-9-8-15-11-14(16)6-2-1-3-7-14/h12,15H,1-11H2. The molecule has 0 aromatic heterocycles. The van der Waals surface area contributed by atoms with Crippen LogP contribution in [0.15, 0.2) is 0 Å². The number of amides is 1. The molecule has 3 nitrogen and oxygen atoms in total. The van der Waals surface area contributed by atoms with E-state index in [1.807, 2.05) is 0 Å². The molecule has 0 unspecified atom stereocenters. The predicted molar refractivity (Wildman–Crippen MR) is 67.7 cm³/mol. The van der Waals surface area contributed by atoms with E-state index in [-0.39, 0.29) is 5.54 Å². The maximum absolute atomic E-state index is 12.4. The van der Waals surface area contributed by atoms with Crippen molar-refractivity contribution in [3.05, 3.63) is 0 Å². The normalized spacial score (nSPS) is 28.4. The van der Waals surface area contributed by atoms with Gasteiger partial charge in [-0.15, -0.1) is 0 Å². The molecule has 0 atom stereocenters. The van der Waals surface area contributed by atoms with Crippen LogP contribution in [0.4, 0.5) is 0 Å². The van der Waals surface area contributed by atoms with Crippen LogP contribution in [-0.4, -0.2) is 36.0 Å². The van der Waals surface area contributed by atoms with Crippen molar-refractivity contribution in [1.29, 1.82) is 0 Å². The highest BCUT2D eigenvalue weighted by atomic mass is 16.2. The first-order chi connectivity index (χ1) is 8.30. The van der Waals surface area contributed by atoms with E-state index in [4.69, 9.17) is 0 Å². The third-order valence-corrected chi connectivity index (χ3v) is 4.78. The summed E-state index contributed by atoms with van der Waals surface area (Å²) in [6.45, 7) is 2.95. The zero-order valence-corrected chi connectivity index (χ0v) is 10.7. The average molecular weight is 236 g/mol. The van der Waals surface area contributed by atoms with Gasteiger partial charge in [-0.3, -0.25) is 4.79 Å². The van der Waals surface area contributed by atoms with Crippen molar-refractivity contribution in [1.82, 2.24) is 10.2 Å². The summed E-state index contributed by atoms with van der Waals surface area (Å²) >= 11 is 0. The van der Waals surface area contributed by atoms with E-state index in [1.54, 1.807) is 0 Å². The maximum atomic E-state index is 12.4. The van der Waals surface area contributed by atoms with Gasteiger partial charge in [-0.1, -0.05) is 19.3 Å². The first kappa shape index (κ1) is 11.5. The number of nitrogens with one attached hydrogen (secondary N) is 1. The van der Waals surface area contributed by atoms with Gasteiger partial charge in [0.05, 0.1) is 5.54 Å². The first-order valence-electron chi connectivity index (χ1n) is 7.31. The predicted octanol–water partition coefficient (Wildman–Crippen LogP) is 1.92. The molecule has 96 valence electrons. The molecule has 2 aliphatic carbocycles. The molecule has 3 aliphatic rings. The van der Waals surface area contributed by atoms with Crippen LogP contribution in [-0.2, 0) is 4.79 Å². The SMILES string of the molecule is O=C(CC1CC1)N1CCNCC12CCCCC2. The van der Waals surface area contributed by atoms with E-state index in [2.05, 4.69) is 10.2 Å². The molecule has 2 saturated carbocycles. The molecule has 0 bridgehead atoms. The lowest BCUT2D eigenvalue weighted by molar-refractivity contribution is -0.141. The Bertz CT molecular complexity index is 284. The summed E-state index contributed by atoms with van der Waals surface area (Å²) in [5.41, 5.74) is 0.183. The van der Waals surface area contributed by atoms with Crippen LogP contribution in [0, 0.1) is 5.92 Å². The van der Waals surface area contributed by atoms with Crippen molar-refractivity contribution in [3.63, 3.8) is 0 Å². The Morgan fingerprint density at radius 1 is 1.24 bits per heavy atom. The topological polar surface area (TPSA) is 32.3 Å². The molecular formula is C14H24N2O. The average Bonchev–Trinajstić information content (AvgIpc) is 3.14. The number of piperazine rings is 1. The fraction of sp³-hybridized carbons (Fsp3) is 0.929. The summed E-state index contributed by atoms with van der Waals surface area (Å²) in [4.78, 5) is 14.7. The van der Waals surface area contributed by atoms with Crippen molar-refractivity contribution in [2.75, 3.05) is 19.6 Å². The van der Waals surface area contributed by atoms with Gasteiger partial charge in [0.2, 0.25) is 5.91 Å². The van der Waals surface area contributed by atoms with Crippen molar-refractivity contribution < 1.29 is 4.79 Å². The van der Waals surface area contributed by atoms with Gasteiger partial charge in [0, 0.05) is 26.1 Å². The number of nitrogens with zero attached hydrogens (tertiary/aromatic N) is 1. The molecule has 3 heteroatoms. The lowest BCUT2D eigenvalue weighted by atomic mass is 9.79. The van der Waals surface area contributed by atoms with Gasteiger partial charge < -0.3 is 10.2 Å². The molecule has 3 rings (SSSR count). The van der Waals surface area contributed by atoms with Gasteiger partial charge in [-0.05, 0) is 31.6 Å². The second-order valence-electron chi connectivity index (χ2n) is 6.15. The van der Waals surface area contributed by atoms with Crippen LogP contribution < -0.4 is 5.32 Å². The van der Waals surface area contributed by atoms with Crippen molar-refractivity contribution in [2.24, 2.45) is 5.92 Å².